The Bertz CT molecular complexity index is 1170. The molecule has 0 aliphatic heterocycles. The van der Waals surface area contributed by atoms with Gasteiger partial charge in [0, 0.05) is 6.07 Å². The maximum absolute atomic E-state index is 12.2. The Labute approximate surface area is 141 Å². The molecule has 1 heterocycles. The van der Waals surface area contributed by atoms with Gasteiger partial charge in [0.05, 0.1) is 10.9 Å². The molecule has 130 valence electrons. The maximum atomic E-state index is 12.2. The minimum absolute atomic E-state index is 0.175. The summed E-state index contributed by atoms with van der Waals surface area (Å²) in [7, 11) is -4.90. The van der Waals surface area contributed by atoms with E-state index in [0.717, 1.165) is 11.6 Å². The van der Waals surface area contributed by atoms with E-state index in [1.54, 1.807) is 19.1 Å². The zero-order chi connectivity index (χ0) is 18.5. The Balaban J connectivity index is 2.37. The molecule has 25 heavy (non-hydrogen) atoms. The molecule has 0 atom stereocenters. The van der Waals surface area contributed by atoms with E-state index in [4.69, 9.17) is 8.97 Å². The van der Waals surface area contributed by atoms with E-state index < -0.39 is 37.7 Å². The molecule has 1 aromatic heterocycles. The molecule has 0 spiro atoms. The Morgan fingerprint density at radius 2 is 1.64 bits per heavy atom. The van der Waals surface area contributed by atoms with E-state index in [0.29, 0.717) is 6.07 Å². The fourth-order valence-electron chi connectivity index (χ4n) is 2.41. The van der Waals surface area contributed by atoms with Crippen molar-refractivity contribution in [3.05, 3.63) is 46.1 Å². The second-order valence-corrected chi connectivity index (χ2v) is 6.81. The predicted octanol–water partition coefficient (Wildman–Crippen LogP) is 2.13. The summed E-state index contributed by atoms with van der Waals surface area (Å²) in [4.78, 5) is 11.2. The summed E-state index contributed by atoms with van der Waals surface area (Å²) in [6, 6.07) is 6.51. The molecule has 0 unspecified atom stereocenters. The monoisotopic (exact) mass is 364 g/mol. The Morgan fingerprint density at radius 3 is 2.28 bits per heavy atom. The lowest BCUT2D eigenvalue weighted by Crippen LogP contribution is -2.02. The number of phenolic OH excluding ortho intramolecular Hbond substituents is 3. The van der Waals surface area contributed by atoms with Crippen molar-refractivity contribution in [1.29, 1.82) is 0 Å². The van der Waals surface area contributed by atoms with E-state index in [1.807, 2.05) is 0 Å². The molecule has 3 aromatic rings. The highest BCUT2D eigenvalue weighted by Gasteiger charge is 2.26. The average molecular weight is 364 g/mol. The van der Waals surface area contributed by atoms with Gasteiger partial charge in [0.1, 0.15) is 16.2 Å². The third kappa shape index (κ3) is 2.79. The molecule has 2 aromatic carbocycles. The third-order valence-electron chi connectivity index (χ3n) is 3.64. The lowest BCUT2D eigenvalue weighted by atomic mass is 10.1. The van der Waals surface area contributed by atoms with Crippen LogP contribution in [0.4, 0.5) is 0 Å². The predicted molar refractivity (Wildman–Crippen MR) is 87.5 cm³/mol. The van der Waals surface area contributed by atoms with Crippen LogP contribution >= 0.6 is 0 Å². The maximum Gasteiger partial charge on any atom is 0.298 e. The number of benzene rings is 2. The van der Waals surface area contributed by atoms with Gasteiger partial charge >= 0.3 is 0 Å². The van der Waals surface area contributed by atoms with Gasteiger partial charge in [-0.2, -0.15) is 8.42 Å². The molecule has 0 fully saturated rings. The standard InChI is InChI=1S/C16H12O8S/c1-7-2-3-11-8(4-7)10(17)6-12(24-11)9-5-13(25(21,22)23)15(19)16(20)14(9)18/h2-6,18-20H,1H3,(H,21,22,23). The van der Waals surface area contributed by atoms with Crippen LogP contribution in [0.2, 0.25) is 0 Å². The van der Waals surface area contributed by atoms with Crippen molar-refractivity contribution in [3.63, 3.8) is 0 Å². The van der Waals surface area contributed by atoms with E-state index in [2.05, 4.69) is 0 Å². The Hall–Kier alpha value is -3.04. The Morgan fingerprint density at radius 1 is 0.960 bits per heavy atom. The number of hydrogen-bond donors (Lipinski definition) is 4. The zero-order valence-electron chi connectivity index (χ0n) is 12.7. The average Bonchev–Trinajstić information content (AvgIpc) is 2.52. The van der Waals surface area contributed by atoms with Crippen molar-refractivity contribution in [2.24, 2.45) is 0 Å². The number of rotatable bonds is 2. The van der Waals surface area contributed by atoms with Crippen LogP contribution in [-0.2, 0) is 10.1 Å². The summed E-state index contributed by atoms with van der Waals surface area (Å²) in [6.07, 6.45) is 0. The Kier molecular flexibility index (Phi) is 3.70. The highest BCUT2D eigenvalue weighted by atomic mass is 32.2. The number of hydrogen-bond acceptors (Lipinski definition) is 7. The summed E-state index contributed by atoms with van der Waals surface area (Å²) >= 11 is 0. The van der Waals surface area contributed by atoms with Crippen LogP contribution in [0.3, 0.4) is 0 Å². The fourth-order valence-corrected chi connectivity index (χ4v) is 3.02. The lowest BCUT2D eigenvalue weighted by molar-refractivity contribution is 0.359. The molecular weight excluding hydrogens is 352 g/mol. The van der Waals surface area contributed by atoms with Crippen LogP contribution in [0, 0.1) is 6.92 Å². The summed E-state index contributed by atoms with van der Waals surface area (Å²) < 4.78 is 37.3. The second kappa shape index (κ2) is 5.50. The summed E-state index contributed by atoms with van der Waals surface area (Å²) in [5, 5.41) is 29.6. The summed E-state index contributed by atoms with van der Waals surface area (Å²) in [6.45, 7) is 1.79. The van der Waals surface area contributed by atoms with Gasteiger partial charge in [-0.1, -0.05) is 11.6 Å². The van der Waals surface area contributed by atoms with E-state index in [-0.39, 0.29) is 22.3 Å². The number of fused-ring (bicyclic) bond motifs is 1. The van der Waals surface area contributed by atoms with Gasteiger partial charge in [0.15, 0.2) is 16.9 Å². The molecule has 0 aliphatic carbocycles. The zero-order valence-corrected chi connectivity index (χ0v) is 13.5. The number of aryl methyl sites for hydroxylation is 1. The minimum atomic E-state index is -4.90. The van der Waals surface area contributed by atoms with Gasteiger partial charge in [-0.15, -0.1) is 0 Å². The quantitative estimate of drug-likeness (QED) is 0.400. The van der Waals surface area contributed by atoms with Gasteiger partial charge in [0.2, 0.25) is 5.75 Å². The van der Waals surface area contributed by atoms with E-state index in [9.17, 15) is 28.5 Å². The van der Waals surface area contributed by atoms with Crippen molar-refractivity contribution in [2.75, 3.05) is 0 Å². The molecule has 0 saturated carbocycles. The van der Waals surface area contributed by atoms with E-state index in [1.165, 1.54) is 6.07 Å². The molecule has 4 N–H and O–H groups in total. The van der Waals surface area contributed by atoms with Crippen LogP contribution in [-0.4, -0.2) is 28.3 Å². The van der Waals surface area contributed by atoms with Crippen LogP contribution in [0.1, 0.15) is 5.56 Å². The molecule has 0 saturated heterocycles. The SMILES string of the molecule is Cc1ccc2oc(-c3cc(S(=O)(=O)O)c(O)c(O)c3O)cc(=O)c2c1. The molecule has 0 radical (unpaired) electrons. The first-order chi connectivity index (χ1) is 11.6. The van der Waals surface area contributed by atoms with Crippen molar-refractivity contribution in [3.8, 4) is 28.6 Å². The molecule has 0 bridgehead atoms. The first-order valence-electron chi connectivity index (χ1n) is 6.90. The van der Waals surface area contributed by atoms with Gasteiger partial charge in [-0.3, -0.25) is 9.35 Å². The van der Waals surface area contributed by atoms with Crippen molar-refractivity contribution >= 4 is 21.1 Å². The number of aromatic hydroxyl groups is 3. The fraction of sp³-hybridized carbons (Fsp3) is 0.0625. The first-order valence-corrected chi connectivity index (χ1v) is 8.34. The molecule has 9 heteroatoms. The third-order valence-corrected chi connectivity index (χ3v) is 4.51. The van der Waals surface area contributed by atoms with Gasteiger partial charge < -0.3 is 19.7 Å². The minimum Gasteiger partial charge on any atom is -0.504 e. The molecule has 3 rings (SSSR count). The van der Waals surface area contributed by atoms with Crippen LogP contribution < -0.4 is 5.43 Å². The van der Waals surface area contributed by atoms with Crippen LogP contribution in [0.25, 0.3) is 22.3 Å². The van der Waals surface area contributed by atoms with Gasteiger partial charge in [-0.05, 0) is 25.1 Å². The molecule has 0 aliphatic rings. The highest BCUT2D eigenvalue weighted by molar-refractivity contribution is 7.86. The molecule has 8 nitrogen and oxygen atoms in total. The second-order valence-electron chi connectivity index (χ2n) is 5.42. The van der Waals surface area contributed by atoms with Crippen molar-refractivity contribution in [1.82, 2.24) is 0 Å². The van der Waals surface area contributed by atoms with Gasteiger partial charge in [-0.25, -0.2) is 0 Å². The number of phenols is 3. The van der Waals surface area contributed by atoms with E-state index >= 15 is 0 Å². The largest absolute Gasteiger partial charge is 0.504 e. The van der Waals surface area contributed by atoms with Crippen LogP contribution in [0.5, 0.6) is 17.2 Å². The van der Waals surface area contributed by atoms with Crippen molar-refractivity contribution < 1.29 is 32.7 Å². The van der Waals surface area contributed by atoms with Crippen LogP contribution in [0.15, 0.2) is 44.4 Å². The highest BCUT2D eigenvalue weighted by Crippen LogP contribution is 2.46. The topological polar surface area (TPSA) is 145 Å². The molecular formula is C16H12O8S. The normalized spacial score (nSPS) is 11.8. The smallest absolute Gasteiger partial charge is 0.298 e. The summed E-state index contributed by atoms with van der Waals surface area (Å²) in [5.74, 6) is -3.54. The van der Waals surface area contributed by atoms with Gasteiger partial charge in [0.25, 0.3) is 10.1 Å². The lowest BCUT2D eigenvalue weighted by Gasteiger charge is -2.11. The summed E-state index contributed by atoms with van der Waals surface area (Å²) in [5.41, 5.74) is 0.155. The molecule has 0 amide bonds. The van der Waals surface area contributed by atoms with Crippen molar-refractivity contribution in [2.45, 2.75) is 11.8 Å². The first kappa shape index (κ1) is 16.8.